The molecule has 0 aliphatic heterocycles. The molecule has 4 heteroatoms. The molecule has 0 N–H and O–H groups in total. The minimum atomic E-state index is 0. The van der Waals surface area contributed by atoms with Crippen molar-refractivity contribution in [3.63, 3.8) is 0 Å². The minimum Gasteiger partial charge on any atom is -1.00 e. The van der Waals surface area contributed by atoms with Crippen molar-refractivity contribution in [2.45, 2.75) is 52.1 Å². The maximum atomic E-state index is 2.31. The van der Waals surface area contributed by atoms with Crippen molar-refractivity contribution in [1.29, 1.82) is 0 Å². The first-order chi connectivity index (χ1) is 8.81. The molecule has 0 bridgehead atoms. The molecule has 0 atom stereocenters. The molecule has 0 heterocycles. The Balaban J connectivity index is -0.000000360. The summed E-state index contributed by atoms with van der Waals surface area (Å²) < 4.78 is 0. The summed E-state index contributed by atoms with van der Waals surface area (Å²) in [5, 5.41) is 2.77. The fourth-order valence-corrected chi connectivity index (χ4v) is 2.49. The number of benzene rings is 1. The third kappa shape index (κ3) is 11.1. The molecule has 2 aromatic carbocycles. The summed E-state index contributed by atoms with van der Waals surface area (Å²) in [6.45, 7) is 6.69. The van der Waals surface area contributed by atoms with Crippen LogP contribution in [-0.2, 0) is 32.6 Å². The summed E-state index contributed by atoms with van der Waals surface area (Å²) in [5.41, 5.74) is 1.49. The molecule has 0 saturated heterocycles. The van der Waals surface area contributed by atoms with Gasteiger partial charge in [0.2, 0.25) is 0 Å². The Morgan fingerprint density at radius 1 is 1.00 bits per heavy atom. The molecular formula is C17H25Br2SiZr. The third-order valence-corrected chi connectivity index (χ3v) is 4.00. The molecule has 0 unspecified atom stereocenters. The van der Waals surface area contributed by atoms with E-state index in [2.05, 4.69) is 57.2 Å². The molecule has 0 aliphatic rings. The maximum Gasteiger partial charge on any atom is 3.00 e. The molecule has 0 amide bonds. The molecule has 0 aliphatic carbocycles. The first-order valence-corrected chi connectivity index (χ1v) is 8.58. The normalized spacial score (nSPS) is 8.71. The van der Waals surface area contributed by atoms with E-state index in [4.69, 9.17) is 0 Å². The minimum absolute atomic E-state index is 0. The number of halogens is 2. The molecule has 0 spiro atoms. The fourth-order valence-electron chi connectivity index (χ4n) is 1.99. The monoisotopic (exact) mass is 505 g/mol. The van der Waals surface area contributed by atoms with Crippen molar-refractivity contribution < 1.29 is 60.2 Å². The van der Waals surface area contributed by atoms with Crippen LogP contribution >= 0.6 is 0 Å². The quantitative estimate of drug-likeness (QED) is 0.377. The van der Waals surface area contributed by atoms with E-state index in [-0.39, 0.29) is 60.2 Å². The van der Waals surface area contributed by atoms with E-state index in [0.717, 1.165) is 0 Å². The molecule has 0 aromatic heterocycles. The predicted octanol–water partition coefficient (Wildman–Crippen LogP) is -0.526. The van der Waals surface area contributed by atoms with Gasteiger partial charge < -0.3 is 34.0 Å². The van der Waals surface area contributed by atoms with Crippen molar-refractivity contribution >= 4 is 20.3 Å². The SMILES string of the molecule is CCCCc1cc2ccccc2[cH-]1.CC[Si]CC.[Br-].[Br-].[Zr+3]. The Bertz CT molecular complexity index is 408. The zero-order chi connectivity index (χ0) is 13.2. The van der Waals surface area contributed by atoms with Gasteiger partial charge >= 0.3 is 26.2 Å². The molecule has 0 fully saturated rings. The second kappa shape index (κ2) is 17.2. The Kier molecular flexibility index (Phi) is 22.0. The Morgan fingerprint density at radius 3 is 2.10 bits per heavy atom. The summed E-state index contributed by atoms with van der Waals surface area (Å²) in [4.78, 5) is 0. The molecule has 2 aromatic rings. The molecule has 0 nitrogen and oxygen atoms in total. The molecule has 115 valence electrons. The van der Waals surface area contributed by atoms with Crippen molar-refractivity contribution in [3.8, 4) is 0 Å². The van der Waals surface area contributed by atoms with E-state index in [1.165, 1.54) is 57.2 Å². The van der Waals surface area contributed by atoms with Crippen LogP contribution in [0, 0.1) is 0 Å². The average Bonchev–Trinajstić information content (AvgIpc) is 2.80. The first-order valence-electron chi connectivity index (χ1n) is 7.16. The zero-order valence-electron chi connectivity index (χ0n) is 13.3. The topological polar surface area (TPSA) is 0 Å². The van der Waals surface area contributed by atoms with Gasteiger partial charge in [-0.25, -0.2) is 0 Å². The van der Waals surface area contributed by atoms with Crippen LogP contribution in [0.1, 0.15) is 39.2 Å². The van der Waals surface area contributed by atoms with Crippen LogP contribution < -0.4 is 34.0 Å². The van der Waals surface area contributed by atoms with E-state index in [0.29, 0.717) is 0 Å². The van der Waals surface area contributed by atoms with Gasteiger partial charge in [-0.05, 0) is 6.42 Å². The summed E-state index contributed by atoms with van der Waals surface area (Å²) in [6.07, 6.45) is 3.81. The van der Waals surface area contributed by atoms with E-state index in [1.54, 1.807) is 0 Å². The Morgan fingerprint density at radius 2 is 1.62 bits per heavy atom. The van der Waals surface area contributed by atoms with Gasteiger partial charge in [0.1, 0.15) is 0 Å². The molecule has 21 heavy (non-hydrogen) atoms. The summed E-state index contributed by atoms with van der Waals surface area (Å²) >= 11 is 0. The standard InChI is InChI=1S/C13H15.C4H10Si.2BrH.Zr/c1-2-3-6-11-9-12-7-4-5-8-13(12)10-11;1-3-5-4-2;;;/h4-5,7-10H,2-3,6H2,1H3;3-4H2,1-2H3;2*1H;/q-1;;;;+3/p-2. The Hall–Kier alpha value is 0.890. The van der Waals surface area contributed by atoms with Crippen LogP contribution in [0.5, 0.6) is 0 Å². The number of unbranched alkanes of at least 4 members (excludes halogenated alkanes) is 1. The van der Waals surface area contributed by atoms with Crippen molar-refractivity contribution in [3.05, 3.63) is 42.0 Å². The van der Waals surface area contributed by atoms with Gasteiger partial charge in [0.05, 0.1) is 0 Å². The van der Waals surface area contributed by atoms with Gasteiger partial charge in [-0.1, -0.05) is 51.8 Å². The van der Waals surface area contributed by atoms with E-state index in [1.807, 2.05) is 0 Å². The number of hydrogen-bond acceptors (Lipinski definition) is 0. The Labute approximate surface area is 173 Å². The molecule has 2 rings (SSSR count). The largest absolute Gasteiger partial charge is 3.00 e. The van der Waals surface area contributed by atoms with E-state index >= 15 is 0 Å². The smallest absolute Gasteiger partial charge is 1.00 e. The van der Waals surface area contributed by atoms with Crippen LogP contribution in [0.3, 0.4) is 0 Å². The van der Waals surface area contributed by atoms with Gasteiger partial charge in [-0.15, -0.1) is 40.6 Å². The van der Waals surface area contributed by atoms with Gasteiger partial charge in [-0.3, -0.25) is 0 Å². The van der Waals surface area contributed by atoms with Crippen LogP contribution in [0.4, 0.5) is 0 Å². The van der Waals surface area contributed by atoms with Gasteiger partial charge in [0.15, 0.2) is 0 Å². The second-order valence-electron chi connectivity index (χ2n) is 4.55. The first kappa shape index (κ1) is 26.8. The second-order valence-corrected chi connectivity index (χ2v) is 6.47. The zero-order valence-corrected chi connectivity index (χ0v) is 19.9. The van der Waals surface area contributed by atoms with Crippen LogP contribution in [-0.4, -0.2) is 9.52 Å². The number of aryl methyl sites for hydroxylation is 1. The molecule has 0 saturated carbocycles. The molecular weight excluding hydrogens is 483 g/mol. The van der Waals surface area contributed by atoms with Crippen LogP contribution in [0.2, 0.25) is 12.1 Å². The van der Waals surface area contributed by atoms with Crippen molar-refractivity contribution in [1.82, 2.24) is 0 Å². The fraction of sp³-hybridized carbons (Fsp3) is 0.471. The summed E-state index contributed by atoms with van der Waals surface area (Å²) in [5.74, 6) is 0. The summed E-state index contributed by atoms with van der Waals surface area (Å²) in [7, 11) is 1.20. The number of hydrogen-bond donors (Lipinski definition) is 0. The van der Waals surface area contributed by atoms with E-state index < -0.39 is 0 Å². The van der Waals surface area contributed by atoms with Gasteiger partial charge in [0, 0.05) is 9.52 Å². The van der Waals surface area contributed by atoms with Gasteiger partial charge in [-0.2, -0.15) is 6.07 Å². The predicted molar refractivity (Wildman–Crippen MR) is 84.9 cm³/mol. The van der Waals surface area contributed by atoms with E-state index in [9.17, 15) is 0 Å². The van der Waals surface area contributed by atoms with Crippen LogP contribution in [0.15, 0.2) is 36.4 Å². The number of rotatable bonds is 5. The van der Waals surface area contributed by atoms with Gasteiger partial charge in [0.25, 0.3) is 0 Å². The van der Waals surface area contributed by atoms with Crippen molar-refractivity contribution in [2.75, 3.05) is 0 Å². The maximum absolute atomic E-state index is 2.31. The third-order valence-electron chi connectivity index (χ3n) is 3.00. The summed E-state index contributed by atoms with van der Waals surface area (Å²) in [6, 6.07) is 15.9. The molecule has 3 radical (unpaired) electrons. The van der Waals surface area contributed by atoms with Crippen LogP contribution in [0.25, 0.3) is 10.8 Å². The number of fused-ring (bicyclic) bond motifs is 1. The average molecular weight is 509 g/mol. The van der Waals surface area contributed by atoms with Crippen molar-refractivity contribution in [2.24, 2.45) is 0 Å².